The molecule has 358 valence electrons. The van der Waals surface area contributed by atoms with Gasteiger partial charge in [0, 0.05) is 19.4 Å². The molecule has 0 aromatic carbocycles. The van der Waals surface area contributed by atoms with Crippen LogP contribution in [0.3, 0.4) is 0 Å². The standard InChI is InChI=1S/C57H100O5/c1-4-7-10-13-16-19-22-24-26-27-28-29-30-32-34-37-40-43-46-49-52-60-53-55(62-57(59)51-48-45-42-39-35-21-18-15-12-9-6-3)54-61-56(58)50-47-44-41-38-36-33-31-25-23-20-17-14-11-8-5-2/h7,10,15-16,18-19,24,26,28-29,32,34,55H,4-6,8-9,11-14,17,20-23,25,27,30-31,33,35-54H2,1-3H3/b10-7-,18-15-,19-16-,26-24-,29-28-,34-32-. The highest BCUT2D eigenvalue weighted by Crippen LogP contribution is 2.15. The van der Waals surface area contributed by atoms with Crippen LogP contribution in [0, 0.1) is 0 Å². The van der Waals surface area contributed by atoms with E-state index in [4.69, 9.17) is 14.2 Å². The van der Waals surface area contributed by atoms with Crippen molar-refractivity contribution in [2.24, 2.45) is 0 Å². The third kappa shape index (κ3) is 50.0. The van der Waals surface area contributed by atoms with Gasteiger partial charge in [-0.05, 0) is 83.5 Å². The molecule has 0 fully saturated rings. The molecule has 0 rings (SSSR count). The number of hydrogen-bond acceptors (Lipinski definition) is 5. The van der Waals surface area contributed by atoms with Crippen molar-refractivity contribution in [2.45, 2.75) is 258 Å². The number of esters is 2. The summed E-state index contributed by atoms with van der Waals surface area (Å²) in [6.07, 6.45) is 67.7. The van der Waals surface area contributed by atoms with Crippen LogP contribution < -0.4 is 0 Å². The molecule has 62 heavy (non-hydrogen) atoms. The zero-order valence-electron chi connectivity index (χ0n) is 41.1. The molecule has 0 heterocycles. The highest BCUT2D eigenvalue weighted by Gasteiger charge is 2.17. The van der Waals surface area contributed by atoms with Gasteiger partial charge >= 0.3 is 11.9 Å². The van der Waals surface area contributed by atoms with Crippen molar-refractivity contribution in [1.29, 1.82) is 0 Å². The lowest BCUT2D eigenvalue weighted by molar-refractivity contribution is -0.163. The third-order valence-electron chi connectivity index (χ3n) is 11.2. The molecule has 1 unspecified atom stereocenters. The van der Waals surface area contributed by atoms with Gasteiger partial charge in [0.05, 0.1) is 6.61 Å². The van der Waals surface area contributed by atoms with E-state index in [0.717, 1.165) is 89.9 Å². The van der Waals surface area contributed by atoms with Crippen LogP contribution in [0.1, 0.15) is 252 Å². The summed E-state index contributed by atoms with van der Waals surface area (Å²) < 4.78 is 17.4. The van der Waals surface area contributed by atoms with Crippen LogP contribution in [-0.4, -0.2) is 37.9 Å². The van der Waals surface area contributed by atoms with Crippen LogP contribution in [0.25, 0.3) is 0 Å². The quantitative estimate of drug-likeness (QED) is 0.0346. The molecule has 0 bridgehead atoms. The van der Waals surface area contributed by atoms with Crippen LogP contribution in [0.5, 0.6) is 0 Å². The first-order chi connectivity index (χ1) is 30.6. The Morgan fingerprint density at radius 3 is 1.23 bits per heavy atom. The highest BCUT2D eigenvalue weighted by atomic mass is 16.6. The summed E-state index contributed by atoms with van der Waals surface area (Å²) >= 11 is 0. The van der Waals surface area contributed by atoms with Gasteiger partial charge in [0.15, 0.2) is 6.10 Å². The average Bonchev–Trinajstić information content (AvgIpc) is 3.27. The molecule has 0 aliphatic carbocycles. The monoisotopic (exact) mass is 865 g/mol. The first-order valence-electron chi connectivity index (χ1n) is 26.5. The summed E-state index contributed by atoms with van der Waals surface area (Å²) in [5.74, 6) is -0.417. The summed E-state index contributed by atoms with van der Waals surface area (Å²) in [5, 5.41) is 0. The Balaban J connectivity index is 4.28. The van der Waals surface area contributed by atoms with Gasteiger partial charge in [-0.15, -0.1) is 0 Å². The Morgan fingerprint density at radius 1 is 0.371 bits per heavy atom. The SMILES string of the molecule is CC/C=C\C/C=C\C/C=C\C/C=C\C/C=C\CCCCCCOCC(COC(=O)CCCCCCCCCCCCCCCCC)OC(=O)CCCCCCC/C=C\CCCC. The van der Waals surface area contributed by atoms with Crippen molar-refractivity contribution < 1.29 is 23.8 Å². The van der Waals surface area contributed by atoms with Gasteiger partial charge in [-0.25, -0.2) is 0 Å². The van der Waals surface area contributed by atoms with Crippen LogP contribution >= 0.6 is 0 Å². The van der Waals surface area contributed by atoms with Crippen LogP contribution in [0.15, 0.2) is 72.9 Å². The molecule has 0 radical (unpaired) electrons. The maximum Gasteiger partial charge on any atom is 0.306 e. The Bertz CT molecular complexity index is 1110. The van der Waals surface area contributed by atoms with Crippen molar-refractivity contribution in [3.8, 4) is 0 Å². The van der Waals surface area contributed by atoms with Gasteiger partial charge in [0.25, 0.3) is 0 Å². The van der Waals surface area contributed by atoms with E-state index in [0.29, 0.717) is 19.4 Å². The van der Waals surface area contributed by atoms with Crippen molar-refractivity contribution in [1.82, 2.24) is 0 Å². The molecule has 5 heteroatoms. The van der Waals surface area contributed by atoms with E-state index in [1.807, 2.05) is 0 Å². The molecule has 0 N–H and O–H groups in total. The lowest BCUT2D eigenvalue weighted by Gasteiger charge is -2.18. The fourth-order valence-corrected chi connectivity index (χ4v) is 7.28. The van der Waals surface area contributed by atoms with Crippen LogP contribution in [-0.2, 0) is 23.8 Å². The van der Waals surface area contributed by atoms with Crippen LogP contribution in [0.4, 0.5) is 0 Å². The van der Waals surface area contributed by atoms with Gasteiger partial charge in [-0.2, -0.15) is 0 Å². The molecule has 0 aliphatic heterocycles. The number of hydrogen-bond donors (Lipinski definition) is 0. The summed E-state index contributed by atoms with van der Waals surface area (Å²) in [7, 11) is 0. The molecule has 0 saturated carbocycles. The van der Waals surface area contributed by atoms with Gasteiger partial charge in [0.1, 0.15) is 6.61 Å². The largest absolute Gasteiger partial charge is 0.462 e. The lowest BCUT2D eigenvalue weighted by atomic mass is 10.0. The molecule has 1 atom stereocenters. The van der Waals surface area contributed by atoms with E-state index in [-0.39, 0.29) is 25.2 Å². The van der Waals surface area contributed by atoms with E-state index < -0.39 is 6.10 Å². The molecule has 5 nitrogen and oxygen atoms in total. The number of rotatable bonds is 48. The molecule has 0 saturated heterocycles. The second-order valence-corrected chi connectivity index (χ2v) is 17.4. The van der Waals surface area contributed by atoms with Gasteiger partial charge in [-0.3, -0.25) is 9.59 Å². The number of unbranched alkanes of at least 4 members (excludes halogenated alkanes) is 25. The number of carbonyl (C=O) groups excluding carboxylic acids is 2. The minimum absolute atomic E-state index is 0.0718. The second kappa shape index (κ2) is 52.7. The Morgan fingerprint density at radius 2 is 0.742 bits per heavy atom. The van der Waals surface area contributed by atoms with Gasteiger partial charge in [0.2, 0.25) is 0 Å². The first kappa shape index (κ1) is 59.3. The Kier molecular flexibility index (Phi) is 50.4. The molecular weight excluding hydrogens is 765 g/mol. The van der Waals surface area contributed by atoms with Crippen molar-refractivity contribution in [3.63, 3.8) is 0 Å². The zero-order valence-corrected chi connectivity index (χ0v) is 41.1. The van der Waals surface area contributed by atoms with E-state index in [2.05, 4.69) is 93.7 Å². The molecule has 0 amide bonds. The summed E-state index contributed by atoms with van der Waals surface area (Å²) in [6, 6.07) is 0. The summed E-state index contributed by atoms with van der Waals surface area (Å²) in [6.45, 7) is 7.63. The summed E-state index contributed by atoms with van der Waals surface area (Å²) in [5.41, 5.74) is 0. The normalized spacial score (nSPS) is 12.8. The minimum atomic E-state index is -0.553. The zero-order chi connectivity index (χ0) is 44.9. The Labute approximate surface area is 385 Å². The van der Waals surface area contributed by atoms with E-state index in [1.165, 1.54) is 128 Å². The van der Waals surface area contributed by atoms with E-state index >= 15 is 0 Å². The summed E-state index contributed by atoms with van der Waals surface area (Å²) in [4.78, 5) is 25.4. The van der Waals surface area contributed by atoms with E-state index in [9.17, 15) is 9.59 Å². The predicted molar refractivity (Wildman–Crippen MR) is 270 cm³/mol. The van der Waals surface area contributed by atoms with Crippen molar-refractivity contribution >= 4 is 11.9 Å². The van der Waals surface area contributed by atoms with Crippen LogP contribution in [0.2, 0.25) is 0 Å². The smallest absolute Gasteiger partial charge is 0.306 e. The maximum absolute atomic E-state index is 12.8. The number of carbonyl (C=O) groups is 2. The molecule has 0 aromatic rings. The average molecular weight is 865 g/mol. The second-order valence-electron chi connectivity index (χ2n) is 17.4. The Hall–Kier alpha value is -2.66. The topological polar surface area (TPSA) is 61.8 Å². The molecule has 0 aliphatic rings. The third-order valence-corrected chi connectivity index (χ3v) is 11.2. The molecule has 0 spiro atoms. The number of ether oxygens (including phenoxy) is 3. The van der Waals surface area contributed by atoms with Gasteiger partial charge in [-0.1, -0.05) is 229 Å². The van der Waals surface area contributed by atoms with Crippen molar-refractivity contribution in [2.75, 3.05) is 19.8 Å². The van der Waals surface area contributed by atoms with E-state index in [1.54, 1.807) is 0 Å². The predicted octanol–water partition coefficient (Wildman–Crippen LogP) is 17.9. The first-order valence-corrected chi connectivity index (χ1v) is 26.5. The lowest BCUT2D eigenvalue weighted by Crippen LogP contribution is -2.30. The van der Waals surface area contributed by atoms with Crippen molar-refractivity contribution in [3.05, 3.63) is 72.9 Å². The minimum Gasteiger partial charge on any atom is -0.462 e. The number of allylic oxidation sites excluding steroid dienone is 12. The fraction of sp³-hybridized carbons (Fsp3) is 0.754. The maximum atomic E-state index is 12.8. The van der Waals surface area contributed by atoms with Gasteiger partial charge < -0.3 is 14.2 Å². The fourth-order valence-electron chi connectivity index (χ4n) is 7.28. The molecular formula is C57H100O5. The highest BCUT2D eigenvalue weighted by molar-refractivity contribution is 5.70. The molecule has 0 aromatic heterocycles.